The molecule has 24 heavy (non-hydrogen) atoms. The van der Waals surface area contributed by atoms with Crippen LogP contribution in [0.15, 0.2) is 60.7 Å². The lowest BCUT2D eigenvalue weighted by atomic mass is 10.0. The molecule has 1 heterocycles. The van der Waals surface area contributed by atoms with Gasteiger partial charge in [0.1, 0.15) is 12.2 Å². The maximum atomic E-state index is 6.27. The molecule has 0 amide bonds. The van der Waals surface area contributed by atoms with Crippen molar-refractivity contribution < 1.29 is 18.9 Å². The molecule has 1 fully saturated rings. The van der Waals surface area contributed by atoms with Crippen LogP contribution in [0.5, 0.6) is 0 Å². The van der Waals surface area contributed by atoms with Gasteiger partial charge in [-0.1, -0.05) is 60.7 Å². The molecule has 0 saturated carbocycles. The van der Waals surface area contributed by atoms with Crippen molar-refractivity contribution in [2.75, 3.05) is 13.2 Å². The van der Waals surface area contributed by atoms with Crippen molar-refractivity contribution >= 4 is 0 Å². The summed E-state index contributed by atoms with van der Waals surface area (Å²) in [6.07, 6.45) is -1.58. The smallest absolute Gasteiger partial charge is 0.189 e. The Morgan fingerprint density at radius 1 is 0.667 bits per heavy atom. The number of rotatable bonds is 6. The number of hydrogen-bond acceptors (Lipinski definition) is 4. The van der Waals surface area contributed by atoms with E-state index in [1.165, 1.54) is 0 Å². The van der Waals surface area contributed by atoms with E-state index in [0.29, 0.717) is 13.2 Å². The maximum absolute atomic E-state index is 6.27. The number of benzene rings is 2. The van der Waals surface area contributed by atoms with Crippen molar-refractivity contribution in [2.24, 2.45) is 0 Å². The molecule has 4 nitrogen and oxygen atoms in total. The van der Waals surface area contributed by atoms with Gasteiger partial charge in [0.2, 0.25) is 0 Å². The van der Waals surface area contributed by atoms with Gasteiger partial charge < -0.3 is 18.9 Å². The van der Waals surface area contributed by atoms with Gasteiger partial charge in [-0.2, -0.15) is 0 Å². The molecule has 4 heteroatoms. The van der Waals surface area contributed by atoms with E-state index in [9.17, 15) is 0 Å². The van der Waals surface area contributed by atoms with Gasteiger partial charge in [0.25, 0.3) is 0 Å². The molecule has 0 bridgehead atoms. The Balaban J connectivity index is 1.88. The van der Waals surface area contributed by atoms with E-state index in [2.05, 4.69) is 0 Å². The van der Waals surface area contributed by atoms with Crippen molar-refractivity contribution in [2.45, 2.75) is 38.6 Å². The van der Waals surface area contributed by atoms with Gasteiger partial charge in [-0.25, -0.2) is 0 Å². The third-order valence-corrected chi connectivity index (χ3v) is 3.97. The van der Waals surface area contributed by atoms with Crippen LogP contribution in [0, 0.1) is 0 Å². The fourth-order valence-corrected chi connectivity index (χ4v) is 2.90. The third kappa shape index (κ3) is 3.84. The standard InChI is InChI=1S/C20H24O4/c1-3-21-19-17(15-11-7-5-8-12-15)24-20(22-4-2)18(23-19)16-13-9-6-10-14-16/h5-14,17-20H,3-4H2,1-2H3. The molecule has 0 spiro atoms. The first-order chi connectivity index (χ1) is 11.8. The Morgan fingerprint density at radius 2 is 1.04 bits per heavy atom. The molecule has 4 atom stereocenters. The summed E-state index contributed by atoms with van der Waals surface area (Å²) in [6, 6.07) is 20.0. The van der Waals surface area contributed by atoms with E-state index in [-0.39, 0.29) is 12.2 Å². The predicted molar refractivity (Wildman–Crippen MR) is 91.4 cm³/mol. The van der Waals surface area contributed by atoms with Gasteiger partial charge >= 0.3 is 0 Å². The van der Waals surface area contributed by atoms with Crippen LogP contribution < -0.4 is 0 Å². The number of hydrogen-bond donors (Lipinski definition) is 0. The van der Waals surface area contributed by atoms with E-state index < -0.39 is 12.6 Å². The maximum Gasteiger partial charge on any atom is 0.189 e. The summed E-state index contributed by atoms with van der Waals surface area (Å²) in [5.74, 6) is 0. The van der Waals surface area contributed by atoms with Crippen LogP contribution in [-0.4, -0.2) is 25.8 Å². The van der Waals surface area contributed by atoms with Crippen LogP contribution in [-0.2, 0) is 18.9 Å². The van der Waals surface area contributed by atoms with Gasteiger partial charge in [-0.05, 0) is 25.0 Å². The summed E-state index contributed by atoms with van der Waals surface area (Å²) in [4.78, 5) is 0. The van der Waals surface area contributed by atoms with Crippen molar-refractivity contribution in [3.8, 4) is 0 Å². The zero-order valence-corrected chi connectivity index (χ0v) is 14.1. The van der Waals surface area contributed by atoms with Crippen molar-refractivity contribution in [1.82, 2.24) is 0 Å². The zero-order chi connectivity index (χ0) is 16.8. The van der Waals surface area contributed by atoms with Gasteiger partial charge in [-0.15, -0.1) is 0 Å². The van der Waals surface area contributed by atoms with E-state index in [0.717, 1.165) is 11.1 Å². The number of ether oxygens (including phenoxy) is 4. The molecule has 128 valence electrons. The van der Waals surface area contributed by atoms with Crippen LogP contribution in [0.2, 0.25) is 0 Å². The summed E-state index contributed by atoms with van der Waals surface area (Å²) in [6.45, 7) is 5.02. The van der Waals surface area contributed by atoms with Gasteiger partial charge in [0.15, 0.2) is 12.6 Å². The van der Waals surface area contributed by atoms with Crippen LogP contribution in [0.25, 0.3) is 0 Å². The molecule has 3 rings (SSSR count). The van der Waals surface area contributed by atoms with Crippen LogP contribution in [0.1, 0.15) is 37.2 Å². The highest BCUT2D eigenvalue weighted by molar-refractivity contribution is 5.21. The molecule has 1 saturated heterocycles. The second-order valence-electron chi connectivity index (χ2n) is 5.58. The van der Waals surface area contributed by atoms with E-state index in [4.69, 9.17) is 18.9 Å². The normalized spacial score (nSPS) is 27.1. The molecular weight excluding hydrogens is 304 g/mol. The molecular formula is C20H24O4. The molecule has 0 aromatic heterocycles. The highest BCUT2D eigenvalue weighted by Crippen LogP contribution is 2.39. The second-order valence-corrected chi connectivity index (χ2v) is 5.58. The first kappa shape index (κ1) is 17.1. The van der Waals surface area contributed by atoms with E-state index >= 15 is 0 Å². The van der Waals surface area contributed by atoms with Crippen molar-refractivity contribution in [3.05, 3.63) is 71.8 Å². The zero-order valence-electron chi connectivity index (χ0n) is 14.1. The van der Waals surface area contributed by atoms with Crippen LogP contribution in [0.4, 0.5) is 0 Å². The second kappa shape index (κ2) is 8.40. The summed E-state index contributed by atoms with van der Waals surface area (Å²) >= 11 is 0. The molecule has 0 aliphatic carbocycles. The topological polar surface area (TPSA) is 36.9 Å². The minimum atomic E-state index is -0.473. The Hall–Kier alpha value is -1.72. The molecule has 1 aliphatic heterocycles. The quantitative estimate of drug-likeness (QED) is 0.795. The molecule has 4 unspecified atom stereocenters. The summed E-state index contributed by atoms with van der Waals surface area (Å²) in [5, 5.41) is 0. The fourth-order valence-electron chi connectivity index (χ4n) is 2.90. The van der Waals surface area contributed by atoms with Gasteiger partial charge in [-0.3, -0.25) is 0 Å². The SMILES string of the molecule is CCOC1OC(c2ccccc2)C(OCC)OC1c1ccccc1. The summed E-state index contributed by atoms with van der Waals surface area (Å²) in [7, 11) is 0. The van der Waals surface area contributed by atoms with Gasteiger partial charge in [0, 0.05) is 13.2 Å². The van der Waals surface area contributed by atoms with Crippen molar-refractivity contribution in [3.63, 3.8) is 0 Å². The summed E-state index contributed by atoms with van der Waals surface area (Å²) in [5.41, 5.74) is 2.04. The third-order valence-electron chi connectivity index (χ3n) is 3.97. The molecule has 1 aliphatic rings. The lowest BCUT2D eigenvalue weighted by molar-refractivity contribution is -0.355. The minimum absolute atomic E-state index is 0.317. The van der Waals surface area contributed by atoms with Crippen LogP contribution in [0.3, 0.4) is 0 Å². The Bertz CT molecular complexity index is 546. The lowest BCUT2D eigenvalue weighted by Gasteiger charge is -2.41. The van der Waals surface area contributed by atoms with E-state index in [1.807, 2.05) is 74.5 Å². The monoisotopic (exact) mass is 328 g/mol. The average Bonchev–Trinajstić information content (AvgIpc) is 2.64. The Morgan fingerprint density at radius 3 is 1.38 bits per heavy atom. The van der Waals surface area contributed by atoms with E-state index in [1.54, 1.807) is 0 Å². The highest BCUT2D eigenvalue weighted by Gasteiger charge is 2.41. The largest absolute Gasteiger partial charge is 0.350 e. The van der Waals surface area contributed by atoms with Crippen molar-refractivity contribution in [1.29, 1.82) is 0 Å². The molecule has 0 N–H and O–H groups in total. The first-order valence-electron chi connectivity index (χ1n) is 8.47. The molecule has 2 aromatic rings. The Kier molecular flexibility index (Phi) is 5.99. The molecule has 2 aromatic carbocycles. The first-order valence-corrected chi connectivity index (χ1v) is 8.47. The van der Waals surface area contributed by atoms with Crippen LogP contribution >= 0.6 is 0 Å². The predicted octanol–water partition coefficient (Wildman–Crippen LogP) is 4.24. The summed E-state index contributed by atoms with van der Waals surface area (Å²) < 4.78 is 24.2. The fraction of sp³-hybridized carbons (Fsp3) is 0.400. The Labute approximate surface area is 143 Å². The highest BCUT2D eigenvalue weighted by atomic mass is 16.8. The lowest BCUT2D eigenvalue weighted by Crippen LogP contribution is -2.43. The average molecular weight is 328 g/mol. The molecule has 0 radical (unpaired) electrons. The van der Waals surface area contributed by atoms with Gasteiger partial charge in [0.05, 0.1) is 0 Å². The minimum Gasteiger partial charge on any atom is -0.350 e.